The second-order valence-electron chi connectivity index (χ2n) is 5.17. The second kappa shape index (κ2) is 6.01. The number of amides is 1. The first-order chi connectivity index (χ1) is 10.8. The summed E-state index contributed by atoms with van der Waals surface area (Å²) in [4.78, 5) is 14.4. The van der Waals surface area contributed by atoms with Crippen molar-refractivity contribution in [3.8, 4) is 0 Å². The summed E-state index contributed by atoms with van der Waals surface area (Å²) in [6.45, 7) is 0.552. The lowest BCUT2D eigenvalue weighted by molar-refractivity contribution is 0.0988. The van der Waals surface area contributed by atoms with E-state index in [9.17, 15) is 13.2 Å². The molecule has 0 saturated heterocycles. The van der Waals surface area contributed by atoms with Crippen LogP contribution in [0.1, 0.15) is 15.9 Å². The lowest BCUT2D eigenvalue weighted by Gasteiger charge is -2.18. The molecule has 0 spiro atoms. The molecule has 0 unspecified atom stereocenters. The van der Waals surface area contributed by atoms with Crippen LogP contribution < -0.4 is 10.0 Å². The lowest BCUT2D eigenvalue weighted by atomic mass is 10.1. The zero-order valence-electron chi connectivity index (χ0n) is 11.8. The van der Waals surface area contributed by atoms with Crippen LogP contribution in [-0.2, 0) is 16.4 Å². The Bertz CT molecular complexity index is 913. The molecule has 0 saturated carbocycles. The molecule has 1 aliphatic heterocycles. The van der Waals surface area contributed by atoms with Crippen LogP contribution in [-0.4, -0.2) is 20.9 Å². The Morgan fingerprint density at radius 2 is 1.87 bits per heavy atom. The third-order valence-electron chi connectivity index (χ3n) is 3.68. The van der Waals surface area contributed by atoms with Crippen LogP contribution >= 0.6 is 31.9 Å². The van der Waals surface area contributed by atoms with Gasteiger partial charge in [0.05, 0.1) is 10.5 Å². The SMILES string of the molecule is NS(=O)(=O)c1ccc(Br)c(C(=O)N2CCc3cc(Br)ccc32)c1. The minimum Gasteiger partial charge on any atom is -0.308 e. The van der Waals surface area contributed by atoms with Gasteiger partial charge in [0.15, 0.2) is 0 Å². The molecule has 0 bridgehead atoms. The Hall–Kier alpha value is -1.22. The number of carbonyl (C=O) groups excluding carboxylic acids is 1. The van der Waals surface area contributed by atoms with E-state index in [1.165, 1.54) is 18.2 Å². The largest absolute Gasteiger partial charge is 0.308 e. The molecule has 0 atom stereocenters. The molecule has 120 valence electrons. The smallest absolute Gasteiger partial charge is 0.259 e. The minimum absolute atomic E-state index is 0.0840. The normalized spacial score (nSPS) is 14.0. The number of benzene rings is 2. The summed E-state index contributed by atoms with van der Waals surface area (Å²) in [6, 6.07) is 9.93. The van der Waals surface area contributed by atoms with Crippen LogP contribution in [0.3, 0.4) is 0 Å². The van der Waals surface area contributed by atoms with E-state index < -0.39 is 10.0 Å². The molecule has 0 radical (unpaired) electrons. The number of nitrogens with two attached hydrogens (primary N) is 1. The van der Waals surface area contributed by atoms with Gasteiger partial charge in [0.25, 0.3) is 5.91 Å². The van der Waals surface area contributed by atoms with E-state index in [1.54, 1.807) is 4.90 Å². The molecule has 0 aliphatic carbocycles. The number of halogens is 2. The summed E-state index contributed by atoms with van der Waals surface area (Å²) < 4.78 is 24.5. The first-order valence-electron chi connectivity index (χ1n) is 6.70. The number of fused-ring (bicyclic) bond motifs is 1. The van der Waals surface area contributed by atoms with Crippen molar-refractivity contribution in [2.24, 2.45) is 5.14 Å². The highest BCUT2D eigenvalue weighted by atomic mass is 79.9. The minimum atomic E-state index is -3.86. The standard InChI is InChI=1S/C15H12Br2N2O3S/c16-10-1-4-14-9(7-10)5-6-19(14)15(20)12-8-11(23(18,21)22)2-3-13(12)17/h1-4,7-8H,5-6H2,(H2,18,21,22). The summed E-state index contributed by atoms with van der Waals surface area (Å²) >= 11 is 6.72. The van der Waals surface area contributed by atoms with Crippen molar-refractivity contribution in [1.29, 1.82) is 0 Å². The molecule has 1 amide bonds. The molecule has 5 nitrogen and oxygen atoms in total. The Morgan fingerprint density at radius 3 is 2.57 bits per heavy atom. The average Bonchev–Trinajstić information content (AvgIpc) is 2.88. The molecule has 0 aromatic heterocycles. The van der Waals surface area contributed by atoms with Crippen molar-refractivity contribution in [3.63, 3.8) is 0 Å². The highest BCUT2D eigenvalue weighted by molar-refractivity contribution is 9.10. The van der Waals surface area contributed by atoms with Crippen molar-refractivity contribution in [1.82, 2.24) is 0 Å². The van der Waals surface area contributed by atoms with Crippen LogP contribution in [0.25, 0.3) is 0 Å². The van der Waals surface area contributed by atoms with Gasteiger partial charge in [-0.1, -0.05) is 15.9 Å². The molecule has 1 aliphatic rings. The number of carbonyl (C=O) groups is 1. The third-order valence-corrected chi connectivity index (χ3v) is 5.77. The number of sulfonamides is 1. The lowest BCUT2D eigenvalue weighted by Crippen LogP contribution is -2.29. The van der Waals surface area contributed by atoms with Gasteiger partial charge in [-0.3, -0.25) is 4.79 Å². The number of anilines is 1. The molecule has 2 aromatic carbocycles. The topological polar surface area (TPSA) is 80.5 Å². The predicted octanol–water partition coefficient (Wildman–Crippen LogP) is 3.06. The number of primary sulfonamides is 1. The molecule has 8 heteroatoms. The molecule has 3 rings (SSSR count). The van der Waals surface area contributed by atoms with Crippen molar-refractivity contribution in [2.45, 2.75) is 11.3 Å². The highest BCUT2D eigenvalue weighted by Gasteiger charge is 2.27. The van der Waals surface area contributed by atoms with Gasteiger partial charge in [0.2, 0.25) is 10.0 Å². The van der Waals surface area contributed by atoms with Gasteiger partial charge in [0.1, 0.15) is 0 Å². The number of hydrogen-bond donors (Lipinski definition) is 1. The first-order valence-corrected chi connectivity index (χ1v) is 9.83. The van der Waals surface area contributed by atoms with Gasteiger partial charge in [0, 0.05) is 21.2 Å². The summed E-state index contributed by atoms with van der Waals surface area (Å²) in [5, 5.41) is 5.15. The van der Waals surface area contributed by atoms with Crippen LogP contribution in [0.5, 0.6) is 0 Å². The fraction of sp³-hybridized carbons (Fsp3) is 0.133. The van der Waals surface area contributed by atoms with Crippen LogP contribution in [0.4, 0.5) is 5.69 Å². The molecular weight excluding hydrogens is 448 g/mol. The van der Waals surface area contributed by atoms with E-state index in [0.29, 0.717) is 11.0 Å². The van der Waals surface area contributed by atoms with Gasteiger partial charge < -0.3 is 4.90 Å². The van der Waals surface area contributed by atoms with Gasteiger partial charge in [-0.15, -0.1) is 0 Å². The maximum Gasteiger partial charge on any atom is 0.259 e. The summed E-state index contributed by atoms with van der Waals surface area (Å²) in [7, 11) is -3.86. The van der Waals surface area contributed by atoms with Crippen molar-refractivity contribution >= 4 is 53.5 Å². The van der Waals surface area contributed by atoms with E-state index in [0.717, 1.165) is 22.1 Å². The first kappa shape index (κ1) is 16.6. The Labute approximate surface area is 150 Å². The summed E-state index contributed by atoms with van der Waals surface area (Å²) in [5.41, 5.74) is 2.19. The van der Waals surface area contributed by atoms with Crippen LogP contribution in [0, 0.1) is 0 Å². The Balaban J connectivity index is 2.03. The van der Waals surface area contributed by atoms with Gasteiger partial charge in [-0.2, -0.15) is 0 Å². The zero-order valence-corrected chi connectivity index (χ0v) is 15.8. The Morgan fingerprint density at radius 1 is 1.13 bits per heavy atom. The Kier molecular flexibility index (Phi) is 4.35. The van der Waals surface area contributed by atoms with Crippen LogP contribution in [0.2, 0.25) is 0 Å². The highest BCUT2D eigenvalue weighted by Crippen LogP contribution is 2.33. The van der Waals surface area contributed by atoms with Gasteiger partial charge in [-0.25, -0.2) is 13.6 Å². The fourth-order valence-electron chi connectivity index (χ4n) is 2.57. The van der Waals surface area contributed by atoms with E-state index in [1.807, 2.05) is 18.2 Å². The molecule has 2 N–H and O–H groups in total. The fourth-order valence-corrected chi connectivity index (χ4v) is 3.94. The van der Waals surface area contributed by atoms with E-state index in [2.05, 4.69) is 31.9 Å². The van der Waals surface area contributed by atoms with Gasteiger partial charge in [-0.05, 0) is 64.3 Å². The molecule has 0 fully saturated rings. The predicted molar refractivity (Wildman–Crippen MR) is 95.0 cm³/mol. The molecule has 1 heterocycles. The maximum atomic E-state index is 12.8. The van der Waals surface area contributed by atoms with Crippen molar-refractivity contribution in [3.05, 3.63) is 56.5 Å². The quantitative estimate of drug-likeness (QED) is 0.749. The van der Waals surface area contributed by atoms with Crippen molar-refractivity contribution < 1.29 is 13.2 Å². The third kappa shape index (κ3) is 3.21. The molecule has 23 heavy (non-hydrogen) atoms. The second-order valence-corrected chi connectivity index (χ2v) is 8.50. The zero-order chi connectivity index (χ0) is 16.8. The van der Waals surface area contributed by atoms with E-state index in [-0.39, 0.29) is 16.4 Å². The number of rotatable bonds is 2. The molecular formula is C15H12Br2N2O3S. The van der Waals surface area contributed by atoms with Crippen LogP contribution in [0.15, 0.2) is 50.2 Å². The summed E-state index contributed by atoms with van der Waals surface area (Å²) in [6.07, 6.45) is 0.757. The monoisotopic (exact) mass is 458 g/mol. The number of nitrogens with zero attached hydrogens (tertiary/aromatic N) is 1. The van der Waals surface area contributed by atoms with Gasteiger partial charge >= 0.3 is 0 Å². The number of hydrogen-bond acceptors (Lipinski definition) is 3. The average molecular weight is 460 g/mol. The van der Waals surface area contributed by atoms with Crippen molar-refractivity contribution in [2.75, 3.05) is 11.4 Å². The van der Waals surface area contributed by atoms with E-state index >= 15 is 0 Å². The molecule has 2 aromatic rings. The maximum absolute atomic E-state index is 12.8. The summed E-state index contributed by atoms with van der Waals surface area (Å²) in [5.74, 6) is -0.261. The van der Waals surface area contributed by atoms with E-state index in [4.69, 9.17) is 5.14 Å².